The number of nitrogens with zero attached hydrogens (tertiary/aromatic N) is 2. The fourth-order valence-corrected chi connectivity index (χ4v) is 2.76. The molecule has 0 amide bonds. The smallest absolute Gasteiger partial charge is 0.164 e. The SMILES string of the molecule is CNC(C)c1nnc(-c2cc(OC)c(OC)cc2OC)s1. The van der Waals surface area contributed by atoms with Crippen LogP contribution in [-0.4, -0.2) is 38.6 Å². The van der Waals surface area contributed by atoms with Crippen LogP contribution < -0.4 is 19.5 Å². The van der Waals surface area contributed by atoms with Gasteiger partial charge in [-0.3, -0.25) is 0 Å². The molecule has 0 bridgehead atoms. The summed E-state index contributed by atoms with van der Waals surface area (Å²) in [5, 5.41) is 13.3. The van der Waals surface area contributed by atoms with Gasteiger partial charge in [-0.25, -0.2) is 0 Å². The molecule has 0 aliphatic rings. The molecule has 0 aliphatic heterocycles. The maximum Gasteiger partial charge on any atom is 0.164 e. The molecule has 6 nitrogen and oxygen atoms in total. The highest BCUT2D eigenvalue weighted by Crippen LogP contribution is 2.41. The Balaban J connectivity index is 2.49. The lowest BCUT2D eigenvalue weighted by Gasteiger charge is -2.12. The van der Waals surface area contributed by atoms with Crippen molar-refractivity contribution < 1.29 is 14.2 Å². The number of benzene rings is 1. The first-order valence-electron chi connectivity index (χ1n) is 6.45. The first-order chi connectivity index (χ1) is 10.1. The van der Waals surface area contributed by atoms with Crippen molar-refractivity contribution in [2.75, 3.05) is 28.4 Å². The quantitative estimate of drug-likeness (QED) is 0.884. The lowest BCUT2D eigenvalue weighted by molar-refractivity contribution is 0.349. The van der Waals surface area contributed by atoms with Crippen molar-refractivity contribution >= 4 is 11.3 Å². The molecule has 2 rings (SSSR count). The number of hydrogen-bond acceptors (Lipinski definition) is 7. The Morgan fingerprint density at radius 2 is 1.62 bits per heavy atom. The highest BCUT2D eigenvalue weighted by Gasteiger charge is 2.18. The molecule has 0 radical (unpaired) electrons. The second-order valence-electron chi connectivity index (χ2n) is 4.36. The van der Waals surface area contributed by atoms with Crippen LogP contribution >= 0.6 is 11.3 Å². The second kappa shape index (κ2) is 6.73. The molecule has 0 aliphatic carbocycles. The molecule has 0 saturated heterocycles. The van der Waals surface area contributed by atoms with Gasteiger partial charge in [0, 0.05) is 6.07 Å². The van der Waals surface area contributed by atoms with E-state index in [1.807, 2.05) is 20.0 Å². The van der Waals surface area contributed by atoms with Gasteiger partial charge < -0.3 is 19.5 Å². The summed E-state index contributed by atoms with van der Waals surface area (Å²) in [6.45, 7) is 2.04. The Kier molecular flexibility index (Phi) is 4.98. The van der Waals surface area contributed by atoms with E-state index in [9.17, 15) is 0 Å². The Morgan fingerprint density at radius 3 is 2.19 bits per heavy atom. The summed E-state index contributed by atoms with van der Waals surface area (Å²) in [5.74, 6) is 1.92. The van der Waals surface area contributed by atoms with Crippen molar-refractivity contribution in [2.45, 2.75) is 13.0 Å². The summed E-state index contributed by atoms with van der Waals surface area (Å²) >= 11 is 1.52. The van der Waals surface area contributed by atoms with Crippen molar-refractivity contribution in [3.8, 4) is 27.8 Å². The van der Waals surface area contributed by atoms with E-state index in [0.717, 1.165) is 15.6 Å². The predicted octanol–water partition coefficient (Wildman–Crippen LogP) is 2.51. The van der Waals surface area contributed by atoms with E-state index >= 15 is 0 Å². The van der Waals surface area contributed by atoms with Gasteiger partial charge in [-0.05, 0) is 20.0 Å². The lowest BCUT2D eigenvalue weighted by atomic mass is 10.2. The van der Waals surface area contributed by atoms with E-state index in [0.29, 0.717) is 17.2 Å². The van der Waals surface area contributed by atoms with Crippen LogP contribution in [0, 0.1) is 0 Å². The minimum atomic E-state index is 0.155. The van der Waals surface area contributed by atoms with E-state index in [4.69, 9.17) is 14.2 Å². The van der Waals surface area contributed by atoms with Gasteiger partial charge in [0.05, 0.1) is 32.9 Å². The van der Waals surface area contributed by atoms with Crippen molar-refractivity contribution in [3.05, 3.63) is 17.1 Å². The van der Waals surface area contributed by atoms with Gasteiger partial charge in [-0.15, -0.1) is 10.2 Å². The zero-order valence-electron chi connectivity index (χ0n) is 12.8. The topological polar surface area (TPSA) is 65.5 Å². The summed E-state index contributed by atoms with van der Waals surface area (Å²) in [6, 6.07) is 3.80. The fraction of sp³-hybridized carbons (Fsp3) is 0.429. The summed E-state index contributed by atoms with van der Waals surface area (Å²) < 4.78 is 16.0. The molecule has 1 aromatic carbocycles. The Hall–Kier alpha value is -1.86. The maximum atomic E-state index is 5.43. The molecule has 1 N–H and O–H groups in total. The Morgan fingerprint density at radius 1 is 1.00 bits per heavy atom. The summed E-state index contributed by atoms with van der Waals surface area (Å²) in [6.07, 6.45) is 0. The van der Waals surface area contributed by atoms with Crippen LogP contribution in [0.4, 0.5) is 0 Å². The molecule has 1 atom stereocenters. The molecule has 1 aromatic heterocycles. The highest BCUT2D eigenvalue weighted by molar-refractivity contribution is 7.14. The normalized spacial score (nSPS) is 12.0. The third-order valence-electron chi connectivity index (χ3n) is 3.18. The molecule has 114 valence electrons. The molecular formula is C14H19N3O3S. The van der Waals surface area contributed by atoms with Gasteiger partial charge >= 0.3 is 0 Å². The van der Waals surface area contributed by atoms with Crippen molar-refractivity contribution in [2.24, 2.45) is 0 Å². The second-order valence-corrected chi connectivity index (χ2v) is 5.37. The molecule has 21 heavy (non-hydrogen) atoms. The van der Waals surface area contributed by atoms with Gasteiger partial charge in [-0.2, -0.15) is 0 Å². The van der Waals surface area contributed by atoms with Crippen LogP contribution in [0.1, 0.15) is 18.0 Å². The molecule has 2 aromatic rings. The molecule has 1 heterocycles. The van der Waals surface area contributed by atoms with Gasteiger partial charge in [0.2, 0.25) is 0 Å². The number of hydrogen-bond donors (Lipinski definition) is 1. The van der Waals surface area contributed by atoms with Gasteiger partial charge in [0.1, 0.15) is 10.8 Å². The number of rotatable bonds is 6. The fourth-order valence-electron chi connectivity index (χ4n) is 1.84. The van der Waals surface area contributed by atoms with Gasteiger partial charge in [0.15, 0.2) is 16.5 Å². The molecular weight excluding hydrogens is 290 g/mol. The summed E-state index contributed by atoms with van der Waals surface area (Å²) in [4.78, 5) is 0. The average Bonchev–Trinajstić information content (AvgIpc) is 3.02. The van der Waals surface area contributed by atoms with E-state index in [-0.39, 0.29) is 6.04 Å². The van der Waals surface area contributed by atoms with Crippen LogP contribution in [0.3, 0.4) is 0 Å². The minimum absolute atomic E-state index is 0.155. The standard InChI is InChI=1S/C14H19N3O3S/c1-8(15-2)13-16-17-14(21-13)9-6-11(19-4)12(20-5)7-10(9)18-3/h6-8,15H,1-5H3. The largest absolute Gasteiger partial charge is 0.496 e. The molecule has 1 unspecified atom stereocenters. The van der Waals surface area contributed by atoms with Crippen LogP contribution in [-0.2, 0) is 0 Å². The average molecular weight is 309 g/mol. The first kappa shape index (κ1) is 15.5. The molecule has 7 heteroatoms. The monoisotopic (exact) mass is 309 g/mol. The molecule has 0 spiro atoms. The summed E-state index contributed by atoms with van der Waals surface area (Å²) in [5.41, 5.74) is 0.835. The molecule has 0 fully saturated rings. The van der Waals surface area contributed by atoms with Crippen LogP contribution in [0.15, 0.2) is 12.1 Å². The van der Waals surface area contributed by atoms with Crippen molar-refractivity contribution in [3.63, 3.8) is 0 Å². The number of methoxy groups -OCH3 is 3. The van der Waals surface area contributed by atoms with Crippen LogP contribution in [0.25, 0.3) is 10.6 Å². The van der Waals surface area contributed by atoms with Crippen LogP contribution in [0.2, 0.25) is 0 Å². The van der Waals surface area contributed by atoms with Crippen molar-refractivity contribution in [1.29, 1.82) is 0 Å². The van der Waals surface area contributed by atoms with E-state index in [1.54, 1.807) is 27.4 Å². The van der Waals surface area contributed by atoms with Gasteiger partial charge in [0.25, 0.3) is 0 Å². The Labute approximate surface area is 128 Å². The van der Waals surface area contributed by atoms with Gasteiger partial charge in [-0.1, -0.05) is 11.3 Å². The number of ether oxygens (including phenoxy) is 3. The summed E-state index contributed by atoms with van der Waals surface area (Å²) in [7, 11) is 6.70. The highest BCUT2D eigenvalue weighted by atomic mass is 32.1. The predicted molar refractivity (Wildman–Crippen MR) is 82.5 cm³/mol. The number of aromatic nitrogens is 2. The zero-order valence-corrected chi connectivity index (χ0v) is 13.6. The minimum Gasteiger partial charge on any atom is -0.496 e. The Bertz CT molecular complexity index is 616. The number of nitrogens with one attached hydrogen (secondary N) is 1. The van der Waals surface area contributed by atoms with E-state index < -0.39 is 0 Å². The third-order valence-corrected chi connectivity index (χ3v) is 4.32. The van der Waals surface area contributed by atoms with Crippen LogP contribution in [0.5, 0.6) is 17.2 Å². The zero-order chi connectivity index (χ0) is 15.4. The van der Waals surface area contributed by atoms with Crippen molar-refractivity contribution in [1.82, 2.24) is 15.5 Å². The van der Waals surface area contributed by atoms with E-state index in [2.05, 4.69) is 15.5 Å². The van der Waals surface area contributed by atoms with E-state index in [1.165, 1.54) is 11.3 Å². The maximum absolute atomic E-state index is 5.43. The molecule has 0 saturated carbocycles. The lowest BCUT2D eigenvalue weighted by Crippen LogP contribution is -2.11. The third kappa shape index (κ3) is 3.08. The first-order valence-corrected chi connectivity index (χ1v) is 7.27.